The molecule has 94 valence electrons. The molecule has 0 aliphatic heterocycles. The third-order valence-corrected chi connectivity index (χ3v) is 2.58. The maximum atomic E-state index is 13.4. The highest BCUT2D eigenvalue weighted by atomic mass is 19.1. The van der Waals surface area contributed by atoms with Crippen LogP contribution in [0.25, 0.3) is 5.65 Å². The number of fused-ring (bicyclic) bond motifs is 1. The number of para-hydroxylation sites is 1. The topological polar surface area (TPSA) is 72.2 Å². The Morgan fingerprint density at radius 3 is 2.89 bits per heavy atom. The largest absolute Gasteiger partial charge is 0.319 e. The number of nitrogens with zero attached hydrogens (tertiary/aromatic N) is 4. The number of rotatable bonds is 2. The van der Waals surface area contributed by atoms with Crippen molar-refractivity contribution in [3.8, 4) is 0 Å². The van der Waals surface area contributed by atoms with Crippen LogP contribution in [0.5, 0.6) is 0 Å². The standard InChI is InChI=1S/C12H8FN5O/c13-9-3-1-2-4-10(9)14-12(19)8-5-6-11-15-16-17-18(11)7-8/h1-7H,(H,14,19). The summed E-state index contributed by atoms with van der Waals surface area (Å²) in [5.41, 5.74) is 0.995. The molecular weight excluding hydrogens is 249 g/mol. The number of pyridine rings is 1. The second kappa shape index (κ2) is 4.45. The molecule has 0 unspecified atom stereocenters. The molecule has 0 saturated carbocycles. The van der Waals surface area contributed by atoms with Gasteiger partial charge >= 0.3 is 0 Å². The fourth-order valence-electron chi connectivity index (χ4n) is 1.63. The summed E-state index contributed by atoms with van der Waals surface area (Å²) in [7, 11) is 0. The molecule has 2 aromatic heterocycles. The Hall–Kier alpha value is -2.83. The zero-order chi connectivity index (χ0) is 13.2. The maximum Gasteiger partial charge on any atom is 0.257 e. The van der Waals surface area contributed by atoms with Crippen LogP contribution in [0.4, 0.5) is 10.1 Å². The van der Waals surface area contributed by atoms with Crippen molar-refractivity contribution < 1.29 is 9.18 Å². The quantitative estimate of drug-likeness (QED) is 0.755. The fourth-order valence-corrected chi connectivity index (χ4v) is 1.63. The van der Waals surface area contributed by atoms with Crippen molar-refractivity contribution in [2.24, 2.45) is 0 Å². The first-order valence-electron chi connectivity index (χ1n) is 5.48. The Morgan fingerprint density at radius 2 is 2.05 bits per heavy atom. The van der Waals surface area contributed by atoms with Crippen LogP contribution >= 0.6 is 0 Å². The van der Waals surface area contributed by atoms with Crippen molar-refractivity contribution in [1.29, 1.82) is 0 Å². The molecule has 3 rings (SSSR count). The molecule has 1 aromatic carbocycles. The van der Waals surface area contributed by atoms with Crippen LogP contribution in [-0.2, 0) is 0 Å². The smallest absolute Gasteiger partial charge is 0.257 e. The third-order valence-electron chi connectivity index (χ3n) is 2.58. The van der Waals surface area contributed by atoms with Crippen LogP contribution in [0.3, 0.4) is 0 Å². The minimum Gasteiger partial charge on any atom is -0.319 e. The number of hydrogen-bond donors (Lipinski definition) is 1. The van der Waals surface area contributed by atoms with Crippen molar-refractivity contribution >= 4 is 17.2 Å². The molecular formula is C12H8FN5O. The second-order valence-electron chi connectivity index (χ2n) is 3.83. The monoisotopic (exact) mass is 257 g/mol. The van der Waals surface area contributed by atoms with E-state index in [0.29, 0.717) is 11.2 Å². The molecule has 0 bridgehead atoms. The van der Waals surface area contributed by atoms with E-state index in [4.69, 9.17) is 0 Å². The molecule has 0 fully saturated rings. The molecule has 3 aromatic rings. The molecule has 7 heteroatoms. The minimum atomic E-state index is -0.487. The second-order valence-corrected chi connectivity index (χ2v) is 3.83. The lowest BCUT2D eigenvalue weighted by Gasteiger charge is -2.05. The first kappa shape index (κ1) is 11.3. The predicted molar refractivity (Wildman–Crippen MR) is 65.1 cm³/mol. The molecule has 19 heavy (non-hydrogen) atoms. The summed E-state index contributed by atoms with van der Waals surface area (Å²) < 4.78 is 14.8. The zero-order valence-electron chi connectivity index (χ0n) is 9.62. The van der Waals surface area contributed by atoms with E-state index in [1.165, 1.54) is 22.8 Å². The molecule has 6 nitrogen and oxygen atoms in total. The van der Waals surface area contributed by atoms with Gasteiger partial charge in [0.25, 0.3) is 5.91 Å². The Morgan fingerprint density at radius 1 is 1.21 bits per heavy atom. The van der Waals surface area contributed by atoms with Crippen molar-refractivity contribution in [2.45, 2.75) is 0 Å². The van der Waals surface area contributed by atoms with Gasteiger partial charge in [0.1, 0.15) is 5.82 Å². The van der Waals surface area contributed by atoms with Crippen LogP contribution in [0.2, 0.25) is 0 Å². The van der Waals surface area contributed by atoms with Gasteiger partial charge in [-0.1, -0.05) is 12.1 Å². The highest BCUT2D eigenvalue weighted by Crippen LogP contribution is 2.14. The number of tetrazole rings is 1. The van der Waals surface area contributed by atoms with Crippen molar-refractivity contribution in [1.82, 2.24) is 20.0 Å². The Kier molecular flexibility index (Phi) is 2.64. The lowest BCUT2D eigenvalue weighted by Crippen LogP contribution is -2.13. The van der Waals surface area contributed by atoms with Gasteiger partial charge in [-0.2, -0.15) is 4.52 Å². The fraction of sp³-hybridized carbons (Fsp3) is 0. The Bertz CT molecular complexity index is 754. The zero-order valence-corrected chi connectivity index (χ0v) is 9.62. The SMILES string of the molecule is O=C(Nc1ccccc1F)c1ccc2nnnn2c1. The number of amides is 1. The molecule has 2 heterocycles. The van der Waals surface area contributed by atoms with Gasteiger partial charge < -0.3 is 5.32 Å². The highest BCUT2D eigenvalue weighted by molar-refractivity contribution is 6.04. The summed E-state index contributed by atoms with van der Waals surface area (Å²) in [6.07, 6.45) is 1.48. The van der Waals surface area contributed by atoms with Gasteiger partial charge in [0.05, 0.1) is 11.3 Å². The van der Waals surface area contributed by atoms with E-state index in [1.807, 2.05) is 0 Å². The summed E-state index contributed by atoms with van der Waals surface area (Å²) >= 11 is 0. The number of aromatic nitrogens is 4. The predicted octanol–water partition coefficient (Wildman–Crippen LogP) is 1.52. The summed E-state index contributed by atoms with van der Waals surface area (Å²) in [6.45, 7) is 0. The number of halogens is 1. The number of carbonyl (C=O) groups excluding carboxylic acids is 1. The van der Waals surface area contributed by atoms with Gasteiger partial charge in [-0.15, -0.1) is 5.10 Å². The van der Waals surface area contributed by atoms with Crippen molar-refractivity contribution in [2.75, 3.05) is 5.32 Å². The van der Waals surface area contributed by atoms with E-state index in [-0.39, 0.29) is 5.69 Å². The van der Waals surface area contributed by atoms with Gasteiger partial charge in [0.2, 0.25) is 0 Å². The number of anilines is 1. The Labute approximate surface area is 106 Å². The van der Waals surface area contributed by atoms with E-state index < -0.39 is 11.7 Å². The summed E-state index contributed by atoms with van der Waals surface area (Å²) in [6, 6.07) is 9.14. The molecule has 0 aliphatic carbocycles. The number of nitrogens with one attached hydrogen (secondary N) is 1. The van der Waals surface area contributed by atoms with E-state index in [0.717, 1.165) is 0 Å². The molecule has 0 saturated heterocycles. The van der Waals surface area contributed by atoms with Crippen LogP contribution in [0, 0.1) is 5.82 Å². The highest BCUT2D eigenvalue weighted by Gasteiger charge is 2.10. The normalized spacial score (nSPS) is 10.6. The number of benzene rings is 1. The van der Waals surface area contributed by atoms with Gasteiger partial charge in [-0.25, -0.2) is 4.39 Å². The van der Waals surface area contributed by atoms with E-state index in [2.05, 4.69) is 20.8 Å². The molecule has 0 atom stereocenters. The third kappa shape index (κ3) is 2.13. The molecule has 0 aliphatic rings. The van der Waals surface area contributed by atoms with Gasteiger partial charge in [0.15, 0.2) is 5.65 Å². The minimum absolute atomic E-state index is 0.129. The van der Waals surface area contributed by atoms with Crippen LogP contribution in [0.1, 0.15) is 10.4 Å². The summed E-state index contributed by atoms with van der Waals surface area (Å²) in [4.78, 5) is 12.0. The first-order valence-corrected chi connectivity index (χ1v) is 5.48. The molecule has 1 N–H and O–H groups in total. The van der Waals surface area contributed by atoms with Crippen molar-refractivity contribution in [3.05, 3.63) is 54.0 Å². The lowest BCUT2D eigenvalue weighted by atomic mass is 10.2. The lowest BCUT2D eigenvalue weighted by molar-refractivity contribution is 0.102. The van der Waals surface area contributed by atoms with E-state index in [9.17, 15) is 9.18 Å². The summed E-state index contributed by atoms with van der Waals surface area (Å²) in [5, 5.41) is 13.4. The van der Waals surface area contributed by atoms with Gasteiger partial charge in [-0.05, 0) is 34.7 Å². The first-order chi connectivity index (χ1) is 9.24. The van der Waals surface area contributed by atoms with E-state index >= 15 is 0 Å². The molecule has 1 amide bonds. The Balaban J connectivity index is 1.89. The average molecular weight is 257 g/mol. The van der Waals surface area contributed by atoms with Crippen LogP contribution in [-0.4, -0.2) is 25.9 Å². The van der Waals surface area contributed by atoms with Gasteiger partial charge in [-0.3, -0.25) is 4.79 Å². The number of hydrogen-bond acceptors (Lipinski definition) is 4. The van der Waals surface area contributed by atoms with Crippen molar-refractivity contribution in [3.63, 3.8) is 0 Å². The molecule has 0 spiro atoms. The van der Waals surface area contributed by atoms with Crippen LogP contribution < -0.4 is 5.32 Å². The van der Waals surface area contributed by atoms with Crippen LogP contribution in [0.15, 0.2) is 42.6 Å². The number of carbonyl (C=O) groups is 1. The maximum absolute atomic E-state index is 13.4. The summed E-state index contributed by atoms with van der Waals surface area (Å²) in [5.74, 6) is -0.915. The molecule has 0 radical (unpaired) electrons. The van der Waals surface area contributed by atoms with Gasteiger partial charge in [0, 0.05) is 6.20 Å². The van der Waals surface area contributed by atoms with E-state index in [1.54, 1.807) is 24.3 Å². The average Bonchev–Trinajstić information content (AvgIpc) is 2.88.